The third kappa shape index (κ3) is 3.42. The number of hydrogen-bond donors (Lipinski definition) is 0. The number of ketones is 1. The van der Waals surface area contributed by atoms with Crippen molar-refractivity contribution in [2.24, 2.45) is 7.05 Å². The van der Waals surface area contributed by atoms with Crippen molar-refractivity contribution in [3.05, 3.63) is 82.9 Å². The molecule has 0 atom stereocenters. The quantitative estimate of drug-likeness (QED) is 0.439. The second-order valence-electron chi connectivity index (χ2n) is 7.36. The van der Waals surface area contributed by atoms with Crippen LogP contribution in [0, 0.1) is 13.8 Å². The molecule has 0 radical (unpaired) electrons. The number of carbonyl (C=O) groups is 1. The van der Waals surface area contributed by atoms with Crippen molar-refractivity contribution in [3.63, 3.8) is 0 Å². The first-order chi connectivity index (χ1) is 14.0. The van der Waals surface area contributed by atoms with Crippen LogP contribution in [-0.2, 0) is 13.5 Å². The number of hydrogen-bond acceptors (Lipinski definition) is 3. The Morgan fingerprint density at radius 3 is 2.52 bits per heavy atom. The highest BCUT2D eigenvalue weighted by Crippen LogP contribution is 2.28. The Hall–Kier alpha value is -3.40. The summed E-state index contributed by atoms with van der Waals surface area (Å²) in [5.41, 5.74) is 6.75. The molecule has 0 saturated carbocycles. The Balaban J connectivity index is 1.73. The van der Waals surface area contributed by atoms with Gasteiger partial charge in [-0.2, -0.15) is 0 Å². The molecule has 4 heteroatoms. The van der Waals surface area contributed by atoms with Crippen molar-refractivity contribution in [1.29, 1.82) is 0 Å². The molecule has 0 N–H and O–H groups in total. The zero-order chi connectivity index (χ0) is 20.5. The van der Waals surface area contributed by atoms with Crippen LogP contribution in [0.4, 0.5) is 0 Å². The van der Waals surface area contributed by atoms with E-state index < -0.39 is 0 Å². The van der Waals surface area contributed by atoms with Crippen molar-refractivity contribution in [3.8, 4) is 17.1 Å². The van der Waals surface area contributed by atoms with Crippen LogP contribution in [0.3, 0.4) is 0 Å². The normalized spacial score (nSPS) is 11.0. The van der Waals surface area contributed by atoms with Gasteiger partial charge in [0.1, 0.15) is 11.6 Å². The van der Waals surface area contributed by atoms with Crippen LogP contribution in [-0.4, -0.2) is 22.4 Å². The van der Waals surface area contributed by atoms with Crippen molar-refractivity contribution >= 4 is 16.8 Å². The molecule has 0 aliphatic carbocycles. The van der Waals surface area contributed by atoms with Gasteiger partial charge in [-0.1, -0.05) is 36.4 Å². The lowest BCUT2D eigenvalue weighted by molar-refractivity contribution is 0.0992. The van der Waals surface area contributed by atoms with Gasteiger partial charge in [0.15, 0.2) is 5.78 Å². The van der Waals surface area contributed by atoms with Crippen LogP contribution in [0.15, 0.2) is 60.7 Å². The Labute approximate surface area is 170 Å². The molecule has 0 aliphatic rings. The van der Waals surface area contributed by atoms with Crippen molar-refractivity contribution in [2.45, 2.75) is 20.3 Å². The van der Waals surface area contributed by atoms with Crippen molar-refractivity contribution in [1.82, 2.24) is 9.55 Å². The monoisotopic (exact) mass is 384 g/mol. The van der Waals surface area contributed by atoms with E-state index in [2.05, 4.69) is 10.6 Å². The molecule has 0 amide bonds. The summed E-state index contributed by atoms with van der Waals surface area (Å²) in [6.45, 7) is 4.01. The maximum atomic E-state index is 13.1. The minimum Gasteiger partial charge on any atom is -0.496 e. The topological polar surface area (TPSA) is 44.1 Å². The fourth-order valence-electron chi connectivity index (χ4n) is 3.75. The number of aryl methyl sites for hydroxylation is 2. The highest BCUT2D eigenvalue weighted by molar-refractivity contribution is 5.99. The Morgan fingerprint density at radius 1 is 1.03 bits per heavy atom. The summed E-state index contributed by atoms with van der Waals surface area (Å²) in [4.78, 5) is 17.9. The van der Waals surface area contributed by atoms with E-state index in [-0.39, 0.29) is 5.78 Å². The van der Waals surface area contributed by atoms with E-state index in [1.165, 1.54) is 0 Å². The minimum absolute atomic E-state index is 0.0672. The van der Waals surface area contributed by atoms with E-state index >= 15 is 0 Å². The SMILES string of the molecule is COc1cc(C(=O)Cc2ccccc2-c2nc3ccccc3n2C)cc(C)c1C. The van der Waals surface area contributed by atoms with Gasteiger partial charge in [-0.05, 0) is 54.8 Å². The maximum Gasteiger partial charge on any atom is 0.167 e. The summed E-state index contributed by atoms with van der Waals surface area (Å²) in [6, 6.07) is 19.8. The van der Waals surface area contributed by atoms with Gasteiger partial charge in [-0.3, -0.25) is 4.79 Å². The van der Waals surface area contributed by atoms with E-state index in [0.29, 0.717) is 12.0 Å². The molecule has 4 nitrogen and oxygen atoms in total. The molecule has 3 aromatic carbocycles. The molecular formula is C25H24N2O2. The first-order valence-electron chi connectivity index (χ1n) is 9.67. The molecule has 0 unspecified atom stereocenters. The molecule has 0 bridgehead atoms. The zero-order valence-electron chi connectivity index (χ0n) is 17.2. The third-order valence-electron chi connectivity index (χ3n) is 5.56. The number of methoxy groups -OCH3 is 1. The summed E-state index contributed by atoms with van der Waals surface area (Å²) in [7, 11) is 3.65. The number of imidazole rings is 1. The van der Waals surface area contributed by atoms with E-state index in [1.807, 2.05) is 75.5 Å². The van der Waals surface area contributed by atoms with E-state index in [1.54, 1.807) is 7.11 Å². The number of Topliss-reactive ketones (excluding diaryl/α,β-unsaturated/α-hetero) is 1. The highest BCUT2D eigenvalue weighted by Gasteiger charge is 2.17. The maximum absolute atomic E-state index is 13.1. The number of para-hydroxylation sites is 2. The van der Waals surface area contributed by atoms with Gasteiger partial charge in [-0.25, -0.2) is 4.98 Å². The lowest BCUT2D eigenvalue weighted by Crippen LogP contribution is -2.07. The molecule has 0 spiro atoms. The van der Waals surface area contributed by atoms with Crippen molar-refractivity contribution < 1.29 is 9.53 Å². The molecule has 0 fully saturated rings. The van der Waals surface area contributed by atoms with Gasteiger partial charge in [0, 0.05) is 24.6 Å². The second-order valence-corrected chi connectivity index (χ2v) is 7.36. The molecule has 29 heavy (non-hydrogen) atoms. The summed E-state index contributed by atoms with van der Waals surface area (Å²) in [6.07, 6.45) is 0.311. The number of benzene rings is 3. The van der Waals surface area contributed by atoms with E-state index in [9.17, 15) is 4.79 Å². The number of rotatable bonds is 5. The number of ether oxygens (including phenoxy) is 1. The van der Waals surface area contributed by atoms with Crippen LogP contribution in [0.25, 0.3) is 22.4 Å². The molecule has 4 aromatic rings. The van der Waals surface area contributed by atoms with Gasteiger partial charge in [0.05, 0.1) is 18.1 Å². The Kier molecular flexibility index (Phi) is 4.93. The van der Waals surface area contributed by atoms with E-state index in [0.717, 1.165) is 44.9 Å². The first-order valence-corrected chi connectivity index (χ1v) is 9.67. The van der Waals surface area contributed by atoms with Crippen molar-refractivity contribution in [2.75, 3.05) is 7.11 Å². The molecule has 4 rings (SSSR count). The third-order valence-corrected chi connectivity index (χ3v) is 5.56. The van der Waals surface area contributed by atoms with Gasteiger partial charge in [0.2, 0.25) is 0 Å². The van der Waals surface area contributed by atoms with Crippen LogP contribution >= 0.6 is 0 Å². The second kappa shape index (κ2) is 7.55. The lowest BCUT2D eigenvalue weighted by atomic mass is 9.96. The van der Waals surface area contributed by atoms with Crippen LogP contribution in [0.1, 0.15) is 27.0 Å². The average Bonchev–Trinajstić information content (AvgIpc) is 3.07. The summed E-state index contributed by atoms with van der Waals surface area (Å²) < 4.78 is 7.52. The average molecular weight is 384 g/mol. The van der Waals surface area contributed by atoms with Crippen LogP contribution < -0.4 is 4.74 Å². The largest absolute Gasteiger partial charge is 0.496 e. The predicted octanol–water partition coefficient (Wildman–Crippen LogP) is 5.29. The zero-order valence-corrected chi connectivity index (χ0v) is 17.2. The molecular weight excluding hydrogens is 360 g/mol. The number of carbonyl (C=O) groups excluding carboxylic acids is 1. The molecule has 146 valence electrons. The highest BCUT2D eigenvalue weighted by atomic mass is 16.5. The van der Waals surface area contributed by atoms with Gasteiger partial charge in [0.25, 0.3) is 0 Å². The Morgan fingerprint density at radius 2 is 1.76 bits per heavy atom. The summed E-state index contributed by atoms with van der Waals surface area (Å²) in [5, 5.41) is 0. The predicted molar refractivity (Wildman–Crippen MR) is 117 cm³/mol. The number of fused-ring (bicyclic) bond motifs is 1. The fraction of sp³-hybridized carbons (Fsp3) is 0.200. The van der Waals surface area contributed by atoms with Gasteiger partial charge >= 0.3 is 0 Å². The van der Waals surface area contributed by atoms with Gasteiger partial charge < -0.3 is 9.30 Å². The van der Waals surface area contributed by atoms with Gasteiger partial charge in [-0.15, -0.1) is 0 Å². The summed E-state index contributed by atoms with van der Waals surface area (Å²) in [5.74, 6) is 1.68. The number of nitrogens with zero attached hydrogens (tertiary/aromatic N) is 2. The molecule has 0 saturated heterocycles. The minimum atomic E-state index is 0.0672. The van der Waals surface area contributed by atoms with Crippen LogP contribution in [0.2, 0.25) is 0 Å². The molecule has 1 aromatic heterocycles. The Bertz CT molecular complexity index is 1220. The summed E-state index contributed by atoms with van der Waals surface area (Å²) >= 11 is 0. The fourth-order valence-corrected chi connectivity index (χ4v) is 3.75. The molecule has 0 aliphatic heterocycles. The lowest BCUT2D eigenvalue weighted by Gasteiger charge is -2.12. The standard InChI is InChI=1S/C25H24N2O2/c1-16-13-19(15-24(29-4)17(16)2)23(28)14-18-9-5-6-10-20(18)25-26-21-11-7-8-12-22(21)27(25)3/h5-13,15H,14H2,1-4H3. The number of aromatic nitrogens is 2. The van der Waals surface area contributed by atoms with E-state index in [4.69, 9.17) is 9.72 Å². The van der Waals surface area contributed by atoms with Crippen LogP contribution in [0.5, 0.6) is 5.75 Å². The first kappa shape index (κ1) is 18.9. The molecule has 1 heterocycles. The smallest absolute Gasteiger partial charge is 0.167 e.